The van der Waals surface area contributed by atoms with Crippen LogP contribution in [0.1, 0.15) is 10.5 Å². The summed E-state index contributed by atoms with van der Waals surface area (Å²) in [5.41, 5.74) is 5.84. The molecular weight excluding hydrogens is 220 g/mol. The van der Waals surface area contributed by atoms with Crippen LogP contribution >= 0.6 is 0 Å². The zero-order chi connectivity index (χ0) is 12.3. The number of nitrogens with two attached hydrogens (primary N) is 1. The van der Waals surface area contributed by atoms with E-state index < -0.39 is 11.8 Å². The highest BCUT2D eigenvalue weighted by atomic mass is 16.2. The highest BCUT2D eigenvalue weighted by Crippen LogP contribution is 2.09. The molecule has 0 unspecified atom stereocenters. The molecule has 2 heterocycles. The molecule has 2 aromatic rings. The first-order valence-electron chi connectivity index (χ1n) is 4.94. The SMILES string of the molecule is NC(=O)CNC(=O)c1ccc2cnccc2n1. The monoisotopic (exact) mass is 230 g/mol. The zero-order valence-corrected chi connectivity index (χ0v) is 8.88. The molecule has 6 heteroatoms. The Morgan fingerprint density at radius 3 is 2.88 bits per heavy atom. The molecule has 3 N–H and O–H groups in total. The average molecular weight is 230 g/mol. The number of rotatable bonds is 3. The van der Waals surface area contributed by atoms with Crippen LogP contribution in [-0.2, 0) is 4.79 Å². The Morgan fingerprint density at radius 2 is 2.12 bits per heavy atom. The third-order valence-corrected chi connectivity index (χ3v) is 2.15. The van der Waals surface area contributed by atoms with E-state index >= 15 is 0 Å². The van der Waals surface area contributed by atoms with Crippen LogP contribution in [0.25, 0.3) is 10.9 Å². The van der Waals surface area contributed by atoms with E-state index in [2.05, 4.69) is 15.3 Å². The van der Waals surface area contributed by atoms with Gasteiger partial charge in [0.05, 0.1) is 12.1 Å². The van der Waals surface area contributed by atoms with E-state index in [9.17, 15) is 9.59 Å². The molecule has 0 aromatic carbocycles. The van der Waals surface area contributed by atoms with Gasteiger partial charge in [0, 0.05) is 17.8 Å². The van der Waals surface area contributed by atoms with Gasteiger partial charge in [-0.25, -0.2) is 4.98 Å². The summed E-state index contributed by atoms with van der Waals surface area (Å²) in [6.45, 7) is -0.200. The Balaban J connectivity index is 2.24. The lowest BCUT2D eigenvalue weighted by Crippen LogP contribution is -2.33. The minimum Gasteiger partial charge on any atom is -0.368 e. The first-order valence-corrected chi connectivity index (χ1v) is 4.94. The second-order valence-corrected chi connectivity index (χ2v) is 3.41. The van der Waals surface area contributed by atoms with Crippen LogP contribution < -0.4 is 11.1 Å². The standard InChI is InChI=1S/C11H10N4O2/c12-10(16)6-14-11(17)9-2-1-7-5-13-4-3-8(7)15-9/h1-5H,6H2,(H2,12,16)(H,14,17). The number of carbonyl (C=O) groups excluding carboxylic acids is 2. The van der Waals surface area contributed by atoms with Gasteiger partial charge in [-0.05, 0) is 18.2 Å². The number of pyridine rings is 2. The molecule has 0 atom stereocenters. The fourth-order valence-electron chi connectivity index (χ4n) is 1.35. The highest BCUT2D eigenvalue weighted by molar-refractivity contribution is 5.96. The number of fused-ring (bicyclic) bond motifs is 1. The number of aromatic nitrogens is 2. The van der Waals surface area contributed by atoms with E-state index in [1.807, 2.05) is 0 Å². The van der Waals surface area contributed by atoms with E-state index in [1.54, 1.807) is 30.6 Å². The van der Waals surface area contributed by atoms with Gasteiger partial charge >= 0.3 is 0 Å². The molecule has 2 rings (SSSR count). The van der Waals surface area contributed by atoms with Gasteiger partial charge in [0.25, 0.3) is 5.91 Å². The quantitative estimate of drug-likeness (QED) is 0.765. The molecule has 0 saturated carbocycles. The van der Waals surface area contributed by atoms with E-state index in [4.69, 9.17) is 5.73 Å². The topological polar surface area (TPSA) is 98.0 Å². The molecule has 0 spiro atoms. The number of hydrogen-bond acceptors (Lipinski definition) is 4. The number of primary amides is 1. The molecule has 6 nitrogen and oxygen atoms in total. The number of carbonyl (C=O) groups is 2. The summed E-state index contributed by atoms with van der Waals surface area (Å²) in [7, 11) is 0. The third kappa shape index (κ3) is 2.54. The van der Waals surface area contributed by atoms with Gasteiger partial charge in [-0.15, -0.1) is 0 Å². The molecule has 0 bridgehead atoms. The maximum atomic E-state index is 11.6. The van der Waals surface area contributed by atoms with Crippen molar-refractivity contribution in [3.8, 4) is 0 Å². The Labute approximate surface area is 96.9 Å². The summed E-state index contributed by atoms with van der Waals surface area (Å²) in [6.07, 6.45) is 3.26. The molecule has 2 amide bonds. The van der Waals surface area contributed by atoms with Gasteiger partial charge in [0.15, 0.2) is 0 Å². The van der Waals surface area contributed by atoms with Crippen LogP contribution in [0.2, 0.25) is 0 Å². The van der Waals surface area contributed by atoms with E-state index in [1.165, 1.54) is 0 Å². The third-order valence-electron chi connectivity index (χ3n) is 2.15. The lowest BCUT2D eigenvalue weighted by Gasteiger charge is -2.03. The van der Waals surface area contributed by atoms with Crippen LogP contribution in [0.3, 0.4) is 0 Å². The molecule has 86 valence electrons. The largest absolute Gasteiger partial charge is 0.368 e. The molecule has 0 saturated heterocycles. The fourth-order valence-corrected chi connectivity index (χ4v) is 1.35. The fraction of sp³-hybridized carbons (Fsp3) is 0.0909. The molecular formula is C11H10N4O2. The molecule has 0 aliphatic carbocycles. The number of amides is 2. The second-order valence-electron chi connectivity index (χ2n) is 3.41. The van der Waals surface area contributed by atoms with Crippen molar-refractivity contribution in [1.29, 1.82) is 0 Å². The molecule has 2 aromatic heterocycles. The van der Waals surface area contributed by atoms with Gasteiger partial charge in [0.1, 0.15) is 5.69 Å². The number of nitrogens with zero attached hydrogens (tertiary/aromatic N) is 2. The lowest BCUT2D eigenvalue weighted by atomic mass is 10.2. The van der Waals surface area contributed by atoms with Crippen molar-refractivity contribution in [2.45, 2.75) is 0 Å². The van der Waals surface area contributed by atoms with Crippen molar-refractivity contribution in [1.82, 2.24) is 15.3 Å². The lowest BCUT2D eigenvalue weighted by molar-refractivity contribution is -0.117. The predicted octanol–water partition coefficient (Wildman–Crippen LogP) is -0.155. The Morgan fingerprint density at radius 1 is 1.29 bits per heavy atom. The van der Waals surface area contributed by atoms with Crippen LogP contribution in [-0.4, -0.2) is 28.3 Å². The summed E-state index contributed by atoms with van der Waals surface area (Å²) in [5, 5.41) is 3.22. The first-order chi connectivity index (χ1) is 8.16. The molecule has 0 aliphatic heterocycles. The van der Waals surface area contributed by atoms with Crippen LogP contribution in [0.15, 0.2) is 30.6 Å². The van der Waals surface area contributed by atoms with Crippen molar-refractivity contribution < 1.29 is 9.59 Å². The Kier molecular flexibility index (Phi) is 2.95. The summed E-state index contributed by atoms with van der Waals surface area (Å²) in [6, 6.07) is 5.02. The van der Waals surface area contributed by atoms with Gasteiger partial charge in [-0.2, -0.15) is 0 Å². The summed E-state index contributed by atoms with van der Waals surface area (Å²) in [4.78, 5) is 30.2. The normalized spacial score (nSPS) is 10.1. The highest BCUT2D eigenvalue weighted by Gasteiger charge is 2.08. The second kappa shape index (κ2) is 4.56. The van der Waals surface area contributed by atoms with Crippen LogP contribution in [0.5, 0.6) is 0 Å². The summed E-state index contributed by atoms with van der Waals surface area (Å²) < 4.78 is 0. The van der Waals surface area contributed by atoms with Gasteiger partial charge in [-0.1, -0.05) is 0 Å². The smallest absolute Gasteiger partial charge is 0.270 e. The minimum absolute atomic E-state index is 0.200. The summed E-state index contributed by atoms with van der Waals surface area (Å²) >= 11 is 0. The van der Waals surface area contributed by atoms with E-state index in [0.717, 1.165) is 5.39 Å². The minimum atomic E-state index is -0.594. The Bertz CT molecular complexity index is 582. The molecule has 0 radical (unpaired) electrons. The Hall–Kier alpha value is -2.50. The van der Waals surface area contributed by atoms with Crippen molar-refractivity contribution in [2.75, 3.05) is 6.54 Å². The van der Waals surface area contributed by atoms with E-state index in [-0.39, 0.29) is 12.2 Å². The average Bonchev–Trinajstić information content (AvgIpc) is 2.35. The number of hydrogen-bond donors (Lipinski definition) is 2. The molecule has 17 heavy (non-hydrogen) atoms. The van der Waals surface area contributed by atoms with Gasteiger partial charge in [-0.3, -0.25) is 14.6 Å². The first kappa shape index (κ1) is 11.0. The van der Waals surface area contributed by atoms with E-state index in [0.29, 0.717) is 5.52 Å². The van der Waals surface area contributed by atoms with Crippen molar-refractivity contribution in [3.63, 3.8) is 0 Å². The molecule has 0 aliphatic rings. The van der Waals surface area contributed by atoms with Crippen molar-refractivity contribution in [3.05, 3.63) is 36.3 Å². The predicted molar refractivity (Wildman–Crippen MR) is 61.1 cm³/mol. The van der Waals surface area contributed by atoms with Crippen molar-refractivity contribution in [2.24, 2.45) is 5.73 Å². The van der Waals surface area contributed by atoms with Gasteiger partial charge in [0.2, 0.25) is 5.91 Å². The summed E-state index contributed by atoms with van der Waals surface area (Å²) in [5.74, 6) is -1.02. The van der Waals surface area contributed by atoms with Crippen LogP contribution in [0.4, 0.5) is 0 Å². The molecule has 0 fully saturated rings. The van der Waals surface area contributed by atoms with Gasteiger partial charge < -0.3 is 11.1 Å². The maximum absolute atomic E-state index is 11.6. The van der Waals surface area contributed by atoms with Crippen molar-refractivity contribution >= 4 is 22.7 Å². The van der Waals surface area contributed by atoms with Crippen LogP contribution in [0, 0.1) is 0 Å². The maximum Gasteiger partial charge on any atom is 0.270 e. The zero-order valence-electron chi connectivity index (χ0n) is 8.88. The number of nitrogens with one attached hydrogen (secondary N) is 1.